The van der Waals surface area contributed by atoms with Crippen LogP contribution in [0.25, 0.3) is 0 Å². The van der Waals surface area contributed by atoms with Crippen molar-refractivity contribution in [2.75, 3.05) is 11.1 Å². The molecule has 1 heterocycles. The van der Waals surface area contributed by atoms with E-state index in [2.05, 4.69) is 10.3 Å². The highest BCUT2D eigenvalue weighted by molar-refractivity contribution is 8.01. The third kappa shape index (κ3) is 5.56. The number of benzene rings is 1. The summed E-state index contributed by atoms with van der Waals surface area (Å²) in [5.41, 5.74) is 5.93. The number of primary amides is 1. The molecule has 2 amide bonds. The SMILES string of the molecule is Cc1nc(NC(=O)C(C)Sc2ccccc2)sc1SCC(N)=O. The molecule has 0 aliphatic rings. The number of nitrogens with two attached hydrogens (primary N) is 1. The summed E-state index contributed by atoms with van der Waals surface area (Å²) in [5, 5.41) is 3.14. The van der Waals surface area contributed by atoms with Gasteiger partial charge < -0.3 is 11.1 Å². The Balaban J connectivity index is 1.94. The minimum atomic E-state index is -0.374. The topological polar surface area (TPSA) is 85.1 Å². The highest BCUT2D eigenvalue weighted by Crippen LogP contribution is 2.32. The zero-order chi connectivity index (χ0) is 16.8. The van der Waals surface area contributed by atoms with Crippen LogP contribution < -0.4 is 11.1 Å². The van der Waals surface area contributed by atoms with Crippen LogP contribution in [0.2, 0.25) is 0 Å². The van der Waals surface area contributed by atoms with E-state index in [0.717, 1.165) is 14.8 Å². The molecule has 0 spiro atoms. The van der Waals surface area contributed by atoms with Crippen LogP contribution in [0.4, 0.5) is 5.13 Å². The summed E-state index contributed by atoms with van der Waals surface area (Å²) < 4.78 is 0.891. The smallest absolute Gasteiger partial charge is 0.239 e. The molecule has 0 aliphatic carbocycles. The van der Waals surface area contributed by atoms with E-state index in [1.807, 2.05) is 44.2 Å². The number of nitrogens with one attached hydrogen (secondary N) is 1. The summed E-state index contributed by atoms with van der Waals surface area (Å²) in [4.78, 5) is 28.5. The summed E-state index contributed by atoms with van der Waals surface area (Å²) in [6.07, 6.45) is 0. The van der Waals surface area contributed by atoms with Gasteiger partial charge in [0.15, 0.2) is 5.13 Å². The maximum atomic E-state index is 12.3. The molecule has 0 fully saturated rings. The zero-order valence-electron chi connectivity index (χ0n) is 12.7. The molecule has 3 N–H and O–H groups in total. The highest BCUT2D eigenvalue weighted by atomic mass is 32.2. The Hall–Kier alpha value is -1.51. The van der Waals surface area contributed by atoms with Crippen LogP contribution in [0, 0.1) is 6.92 Å². The first-order chi connectivity index (χ1) is 11.0. The largest absolute Gasteiger partial charge is 0.369 e. The average Bonchev–Trinajstić information content (AvgIpc) is 2.85. The number of aryl methyl sites for hydroxylation is 1. The fraction of sp³-hybridized carbons (Fsp3) is 0.267. The van der Waals surface area contributed by atoms with Crippen molar-refractivity contribution in [1.29, 1.82) is 0 Å². The number of hydrogen-bond donors (Lipinski definition) is 2. The molecule has 1 aromatic heterocycles. The Morgan fingerprint density at radius 1 is 1.35 bits per heavy atom. The van der Waals surface area contributed by atoms with Crippen LogP contribution >= 0.6 is 34.9 Å². The van der Waals surface area contributed by atoms with Gasteiger partial charge in [0.1, 0.15) is 0 Å². The van der Waals surface area contributed by atoms with Gasteiger partial charge in [-0.15, -0.1) is 23.5 Å². The van der Waals surface area contributed by atoms with E-state index in [1.54, 1.807) is 0 Å². The van der Waals surface area contributed by atoms with Crippen molar-refractivity contribution in [3.8, 4) is 0 Å². The number of carbonyl (C=O) groups excluding carboxylic acids is 2. The maximum Gasteiger partial charge on any atom is 0.239 e. The lowest BCUT2D eigenvalue weighted by Crippen LogP contribution is -2.22. The van der Waals surface area contributed by atoms with Crippen molar-refractivity contribution in [3.05, 3.63) is 36.0 Å². The number of carbonyl (C=O) groups is 2. The quantitative estimate of drug-likeness (QED) is 0.734. The molecule has 8 heteroatoms. The van der Waals surface area contributed by atoms with E-state index < -0.39 is 0 Å². The Morgan fingerprint density at radius 3 is 2.70 bits per heavy atom. The Kier molecular flexibility index (Phi) is 6.49. The molecule has 2 aromatic rings. The molecule has 1 unspecified atom stereocenters. The molecule has 1 atom stereocenters. The molecule has 1 aromatic carbocycles. The first kappa shape index (κ1) is 17.8. The second-order valence-electron chi connectivity index (χ2n) is 4.71. The molecular formula is C15H17N3O2S3. The van der Waals surface area contributed by atoms with Crippen molar-refractivity contribution in [1.82, 2.24) is 4.98 Å². The minimum absolute atomic E-state index is 0.0981. The normalized spacial score (nSPS) is 11.9. The van der Waals surface area contributed by atoms with Crippen molar-refractivity contribution in [2.45, 2.75) is 28.2 Å². The van der Waals surface area contributed by atoms with Gasteiger partial charge in [-0.1, -0.05) is 29.5 Å². The number of amides is 2. The summed E-state index contributed by atoms with van der Waals surface area (Å²) in [5.74, 6) is -0.267. The lowest BCUT2D eigenvalue weighted by atomic mass is 10.4. The Morgan fingerprint density at radius 2 is 2.04 bits per heavy atom. The van der Waals surface area contributed by atoms with E-state index >= 15 is 0 Å². The molecular weight excluding hydrogens is 350 g/mol. The number of thioether (sulfide) groups is 2. The van der Waals surface area contributed by atoms with Crippen LogP contribution in [-0.2, 0) is 9.59 Å². The van der Waals surface area contributed by atoms with Crippen LogP contribution in [-0.4, -0.2) is 27.8 Å². The predicted molar refractivity (Wildman–Crippen MR) is 97.2 cm³/mol. The van der Waals surface area contributed by atoms with Gasteiger partial charge in [0, 0.05) is 4.90 Å². The van der Waals surface area contributed by atoms with E-state index in [1.165, 1.54) is 34.9 Å². The van der Waals surface area contributed by atoms with Gasteiger partial charge in [-0.2, -0.15) is 0 Å². The predicted octanol–water partition coefficient (Wildman–Crippen LogP) is 3.15. The van der Waals surface area contributed by atoms with Crippen molar-refractivity contribution in [2.24, 2.45) is 5.73 Å². The average molecular weight is 368 g/mol. The summed E-state index contributed by atoms with van der Waals surface area (Å²) in [6.45, 7) is 3.70. The van der Waals surface area contributed by atoms with E-state index in [0.29, 0.717) is 5.13 Å². The van der Waals surface area contributed by atoms with Crippen molar-refractivity contribution < 1.29 is 9.59 Å². The number of anilines is 1. The van der Waals surface area contributed by atoms with Crippen LogP contribution in [0.15, 0.2) is 39.4 Å². The molecule has 2 rings (SSSR count). The third-order valence-electron chi connectivity index (χ3n) is 2.75. The summed E-state index contributed by atoms with van der Waals surface area (Å²) >= 11 is 4.19. The van der Waals surface area contributed by atoms with E-state index in [9.17, 15) is 9.59 Å². The van der Waals surface area contributed by atoms with Crippen molar-refractivity contribution >= 4 is 51.8 Å². The second-order valence-corrected chi connectivity index (χ2v) is 8.37. The number of aromatic nitrogens is 1. The fourth-order valence-corrected chi connectivity index (χ4v) is 4.44. The minimum Gasteiger partial charge on any atom is -0.369 e. The van der Waals surface area contributed by atoms with Gasteiger partial charge in [-0.3, -0.25) is 9.59 Å². The number of rotatable bonds is 7. The molecule has 5 nitrogen and oxygen atoms in total. The molecule has 0 radical (unpaired) electrons. The van der Waals surface area contributed by atoms with Crippen LogP contribution in [0.3, 0.4) is 0 Å². The summed E-state index contributed by atoms with van der Waals surface area (Å²) in [7, 11) is 0. The number of nitrogens with zero attached hydrogens (tertiary/aromatic N) is 1. The standard InChI is InChI=1S/C15H17N3O2S3/c1-9-14(21-8-12(16)19)23-15(17-9)18-13(20)10(2)22-11-6-4-3-5-7-11/h3-7,10H,8H2,1-2H3,(H2,16,19)(H,17,18,20). The van der Waals surface area contributed by atoms with Gasteiger partial charge in [0.25, 0.3) is 0 Å². The Labute approximate surface area is 147 Å². The van der Waals surface area contributed by atoms with Crippen LogP contribution in [0.5, 0.6) is 0 Å². The van der Waals surface area contributed by atoms with Gasteiger partial charge in [0.2, 0.25) is 11.8 Å². The fourth-order valence-electron chi connectivity index (χ4n) is 1.67. The molecule has 0 aliphatic heterocycles. The van der Waals surface area contributed by atoms with E-state index in [-0.39, 0.29) is 22.8 Å². The molecule has 0 saturated carbocycles. The number of hydrogen-bond acceptors (Lipinski definition) is 6. The summed E-state index contributed by atoms with van der Waals surface area (Å²) in [6, 6.07) is 9.78. The lowest BCUT2D eigenvalue weighted by molar-refractivity contribution is -0.116. The lowest BCUT2D eigenvalue weighted by Gasteiger charge is -2.10. The molecule has 0 saturated heterocycles. The van der Waals surface area contributed by atoms with E-state index in [4.69, 9.17) is 5.73 Å². The van der Waals surface area contributed by atoms with Crippen LogP contribution in [0.1, 0.15) is 12.6 Å². The molecule has 23 heavy (non-hydrogen) atoms. The van der Waals surface area contributed by atoms with Gasteiger partial charge in [-0.25, -0.2) is 4.98 Å². The first-order valence-electron chi connectivity index (χ1n) is 6.87. The van der Waals surface area contributed by atoms with Gasteiger partial charge >= 0.3 is 0 Å². The Bertz CT molecular complexity index is 689. The zero-order valence-corrected chi connectivity index (χ0v) is 15.2. The molecule has 0 bridgehead atoms. The first-order valence-corrected chi connectivity index (χ1v) is 9.55. The molecule has 122 valence electrons. The second kappa shape index (κ2) is 8.37. The number of thiazole rings is 1. The van der Waals surface area contributed by atoms with Crippen molar-refractivity contribution in [3.63, 3.8) is 0 Å². The monoisotopic (exact) mass is 367 g/mol. The highest BCUT2D eigenvalue weighted by Gasteiger charge is 2.17. The maximum absolute atomic E-state index is 12.3. The van der Waals surface area contributed by atoms with Gasteiger partial charge in [0.05, 0.1) is 20.9 Å². The van der Waals surface area contributed by atoms with Gasteiger partial charge in [-0.05, 0) is 26.0 Å². The third-order valence-corrected chi connectivity index (χ3v) is 6.32.